The van der Waals surface area contributed by atoms with Gasteiger partial charge in [-0.3, -0.25) is 14.6 Å². The van der Waals surface area contributed by atoms with Gasteiger partial charge in [0.15, 0.2) is 0 Å². The van der Waals surface area contributed by atoms with Gasteiger partial charge in [0, 0.05) is 55.0 Å². The highest BCUT2D eigenvalue weighted by Crippen LogP contribution is 2.34. The molecular formula is C27H32N4OS. The monoisotopic (exact) mass is 460 g/mol. The second kappa shape index (κ2) is 10.5. The van der Waals surface area contributed by atoms with Crippen molar-refractivity contribution in [1.82, 2.24) is 9.80 Å². The maximum atomic E-state index is 12.7. The van der Waals surface area contributed by atoms with E-state index in [-0.39, 0.29) is 5.91 Å². The van der Waals surface area contributed by atoms with Crippen LogP contribution in [0.1, 0.15) is 29.3 Å². The smallest absolute Gasteiger partial charge is 0.238 e. The Balaban J connectivity index is 1.10. The molecule has 3 aromatic rings. The molecule has 2 aliphatic rings. The highest BCUT2D eigenvalue weighted by Gasteiger charge is 2.28. The Morgan fingerprint density at radius 3 is 2.42 bits per heavy atom. The fourth-order valence-electron chi connectivity index (χ4n) is 4.96. The minimum absolute atomic E-state index is 0.0701. The van der Waals surface area contributed by atoms with Gasteiger partial charge in [-0.15, -0.1) is 11.3 Å². The lowest BCUT2D eigenvalue weighted by Crippen LogP contribution is -2.45. The number of thiophene rings is 1. The van der Waals surface area contributed by atoms with Crippen LogP contribution >= 0.6 is 11.3 Å². The molecule has 0 saturated carbocycles. The molecule has 0 aliphatic carbocycles. The summed E-state index contributed by atoms with van der Waals surface area (Å²) in [5.74, 6) is 0.0701. The Kier molecular flexibility index (Phi) is 7.05. The van der Waals surface area contributed by atoms with Gasteiger partial charge in [0.05, 0.1) is 6.54 Å². The van der Waals surface area contributed by atoms with Crippen LogP contribution in [0.2, 0.25) is 0 Å². The zero-order valence-electron chi connectivity index (χ0n) is 19.0. The van der Waals surface area contributed by atoms with Gasteiger partial charge >= 0.3 is 0 Å². The molecule has 3 heterocycles. The molecule has 1 amide bonds. The Labute approximate surface area is 200 Å². The van der Waals surface area contributed by atoms with Crippen LogP contribution in [0.15, 0.2) is 72.1 Å². The van der Waals surface area contributed by atoms with E-state index in [0.29, 0.717) is 12.6 Å². The van der Waals surface area contributed by atoms with E-state index in [1.165, 1.54) is 16.1 Å². The predicted molar refractivity (Wildman–Crippen MR) is 137 cm³/mol. The minimum Gasteiger partial charge on any atom is -0.369 e. The first-order valence-electron chi connectivity index (χ1n) is 11.9. The van der Waals surface area contributed by atoms with Crippen molar-refractivity contribution in [2.45, 2.75) is 25.4 Å². The van der Waals surface area contributed by atoms with Crippen molar-refractivity contribution in [2.75, 3.05) is 49.5 Å². The molecule has 5 nitrogen and oxygen atoms in total. The third kappa shape index (κ3) is 5.64. The molecule has 172 valence electrons. The summed E-state index contributed by atoms with van der Waals surface area (Å²) in [5.41, 5.74) is 3.48. The van der Waals surface area contributed by atoms with Crippen LogP contribution in [0.4, 0.5) is 11.4 Å². The highest BCUT2D eigenvalue weighted by atomic mass is 32.1. The van der Waals surface area contributed by atoms with Gasteiger partial charge in [-0.25, -0.2) is 0 Å². The zero-order chi connectivity index (χ0) is 22.5. The highest BCUT2D eigenvalue weighted by molar-refractivity contribution is 7.10. The lowest BCUT2D eigenvalue weighted by Gasteiger charge is -2.36. The molecule has 2 fully saturated rings. The molecule has 2 aliphatic heterocycles. The van der Waals surface area contributed by atoms with Gasteiger partial charge in [-0.1, -0.05) is 36.4 Å². The molecule has 0 bridgehead atoms. The number of carbonyl (C=O) groups excluding carboxylic acids is 1. The number of nitrogens with one attached hydrogen (secondary N) is 1. The maximum Gasteiger partial charge on any atom is 0.238 e. The van der Waals surface area contributed by atoms with E-state index >= 15 is 0 Å². The molecule has 33 heavy (non-hydrogen) atoms. The number of hydrogen-bond acceptors (Lipinski definition) is 5. The van der Waals surface area contributed by atoms with Gasteiger partial charge in [0.2, 0.25) is 5.91 Å². The lowest BCUT2D eigenvalue weighted by atomic mass is 10.2. The number of carbonyl (C=O) groups is 1. The third-order valence-corrected chi connectivity index (χ3v) is 7.69. The summed E-state index contributed by atoms with van der Waals surface area (Å²) >= 11 is 1.79. The topological polar surface area (TPSA) is 38.8 Å². The van der Waals surface area contributed by atoms with E-state index in [1.807, 2.05) is 12.1 Å². The van der Waals surface area contributed by atoms with Crippen LogP contribution < -0.4 is 10.2 Å². The number of piperazine rings is 1. The molecule has 1 atom stereocenters. The van der Waals surface area contributed by atoms with E-state index in [0.717, 1.165) is 57.8 Å². The number of amides is 1. The van der Waals surface area contributed by atoms with Gasteiger partial charge in [-0.05, 0) is 60.7 Å². The Morgan fingerprint density at radius 1 is 0.909 bits per heavy atom. The average Bonchev–Trinajstić information content (AvgIpc) is 3.53. The first kappa shape index (κ1) is 22.1. The van der Waals surface area contributed by atoms with Crippen molar-refractivity contribution in [3.05, 3.63) is 82.6 Å². The maximum absolute atomic E-state index is 12.7. The Hall–Kier alpha value is -2.67. The normalized spacial score (nSPS) is 19.6. The zero-order valence-corrected chi connectivity index (χ0v) is 19.8. The molecular weight excluding hydrogens is 428 g/mol. The van der Waals surface area contributed by atoms with Crippen molar-refractivity contribution >= 4 is 28.6 Å². The molecule has 2 aromatic carbocycles. The van der Waals surface area contributed by atoms with Crippen LogP contribution in [0.25, 0.3) is 0 Å². The van der Waals surface area contributed by atoms with Gasteiger partial charge in [-0.2, -0.15) is 0 Å². The van der Waals surface area contributed by atoms with Crippen LogP contribution in [-0.4, -0.2) is 55.0 Å². The van der Waals surface area contributed by atoms with E-state index in [9.17, 15) is 4.79 Å². The van der Waals surface area contributed by atoms with Gasteiger partial charge < -0.3 is 10.2 Å². The molecule has 1 unspecified atom stereocenters. The van der Waals surface area contributed by atoms with Crippen molar-refractivity contribution in [2.24, 2.45) is 0 Å². The number of hydrogen-bond donors (Lipinski definition) is 1. The summed E-state index contributed by atoms with van der Waals surface area (Å²) in [7, 11) is 0. The van der Waals surface area contributed by atoms with Gasteiger partial charge in [0.25, 0.3) is 0 Å². The number of nitrogens with zero attached hydrogens (tertiary/aromatic N) is 3. The average molecular weight is 461 g/mol. The SMILES string of the molecule is O=C(CN1CCCC1c1cccs1)Nc1ccc(N2CCN(Cc3ccccc3)CC2)cc1. The molecule has 2 saturated heterocycles. The van der Waals surface area contributed by atoms with E-state index in [4.69, 9.17) is 0 Å². The first-order valence-corrected chi connectivity index (χ1v) is 12.8. The summed E-state index contributed by atoms with van der Waals surface area (Å²) in [6.45, 7) is 6.64. The molecule has 6 heteroatoms. The van der Waals surface area contributed by atoms with E-state index in [1.54, 1.807) is 11.3 Å². The third-order valence-electron chi connectivity index (χ3n) is 6.72. The van der Waals surface area contributed by atoms with E-state index < -0.39 is 0 Å². The number of likely N-dealkylation sites (tertiary alicyclic amines) is 1. The first-order chi connectivity index (χ1) is 16.2. The standard InChI is InChI=1S/C27H32N4OS/c32-27(21-31-14-4-8-25(31)26-9-5-19-33-26)28-23-10-12-24(13-11-23)30-17-15-29(16-18-30)20-22-6-2-1-3-7-22/h1-3,5-7,9-13,19,25H,4,8,14-18,20-21H2,(H,28,32). The minimum atomic E-state index is 0.0701. The number of anilines is 2. The van der Waals surface area contributed by atoms with Crippen molar-refractivity contribution < 1.29 is 4.79 Å². The summed E-state index contributed by atoms with van der Waals surface area (Å²) in [5, 5.41) is 5.22. The molecule has 0 spiro atoms. The quantitative estimate of drug-likeness (QED) is 0.547. The van der Waals surface area contributed by atoms with Crippen LogP contribution in [0.5, 0.6) is 0 Å². The Bertz CT molecular complexity index is 1010. The molecule has 1 aromatic heterocycles. The Morgan fingerprint density at radius 2 is 1.70 bits per heavy atom. The lowest BCUT2D eigenvalue weighted by molar-refractivity contribution is -0.117. The number of benzene rings is 2. The fourth-order valence-corrected chi connectivity index (χ4v) is 5.86. The summed E-state index contributed by atoms with van der Waals surface area (Å²) in [6.07, 6.45) is 2.30. The molecule has 0 radical (unpaired) electrons. The van der Waals surface area contributed by atoms with E-state index in [2.05, 4.69) is 80.0 Å². The molecule has 5 rings (SSSR count). The van der Waals surface area contributed by atoms with Crippen molar-refractivity contribution in [3.8, 4) is 0 Å². The van der Waals surface area contributed by atoms with Crippen molar-refractivity contribution in [3.63, 3.8) is 0 Å². The van der Waals surface area contributed by atoms with Gasteiger partial charge in [0.1, 0.15) is 0 Å². The fraction of sp³-hybridized carbons (Fsp3) is 0.370. The summed E-state index contributed by atoms with van der Waals surface area (Å²) in [6, 6.07) is 23.7. The second-order valence-corrected chi connectivity index (χ2v) is 9.97. The van der Waals surface area contributed by atoms with Crippen LogP contribution in [-0.2, 0) is 11.3 Å². The van der Waals surface area contributed by atoms with Crippen molar-refractivity contribution in [1.29, 1.82) is 0 Å². The number of rotatable bonds is 7. The largest absolute Gasteiger partial charge is 0.369 e. The second-order valence-electron chi connectivity index (χ2n) is 8.99. The van der Waals surface area contributed by atoms with Crippen LogP contribution in [0.3, 0.4) is 0 Å². The summed E-state index contributed by atoms with van der Waals surface area (Å²) in [4.78, 5) is 21.3. The van der Waals surface area contributed by atoms with Crippen LogP contribution in [0, 0.1) is 0 Å². The molecule has 1 N–H and O–H groups in total. The predicted octanol–water partition coefficient (Wildman–Crippen LogP) is 4.85. The summed E-state index contributed by atoms with van der Waals surface area (Å²) < 4.78 is 0.